The maximum absolute atomic E-state index is 10.8. The predicted octanol–water partition coefficient (Wildman–Crippen LogP) is 1.67. The monoisotopic (exact) mass is 282 g/mol. The number of hydrogen-bond donors (Lipinski definition) is 1. The van der Waals surface area contributed by atoms with Crippen LogP contribution >= 0.6 is 15.9 Å². The maximum Gasteiger partial charge on any atom is 0.384 e. The van der Waals surface area contributed by atoms with E-state index < -0.39 is 11.9 Å². The molecular formula is C11H7BrO4. The summed E-state index contributed by atoms with van der Waals surface area (Å²) in [6.45, 7) is 0. The van der Waals surface area contributed by atoms with Gasteiger partial charge < -0.3 is 9.84 Å². The average Bonchev–Trinajstić information content (AvgIpc) is 2.25. The van der Waals surface area contributed by atoms with Crippen LogP contribution in [0.25, 0.3) is 0 Å². The van der Waals surface area contributed by atoms with Crippen molar-refractivity contribution in [2.24, 2.45) is 0 Å². The summed E-state index contributed by atoms with van der Waals surface area (Å²) >= 11 is 3.19. The Morgan fingerprint density at radius 2 is 2.12 bits per heavy atom. The Bertz CT molecular complexity index is 496. The summed E-state index contributed by atoms with van der Waals surface area (Å²) in [5.74, 6) is 2.82. The van der Waals surface area contributed by atoms with Crippen LogP contribution in [0.2, 0.25) is 0 Å². The highest BCUT2D eigenvalue weighted by Crippen LogP contribution is 2.15. The zero-order chi connectivity index (χ0) is 12.1. The molecule has 16 heavy (non-hydrogen) atoms. The molecule has 5 heteroatoms. The van der Waals surface area contributed by atoms with Crippen molar-refractivity contribution in [1.82, 2.24) is 0 Å². The van der Waals surface area contributed by atoms with E-state index in [1.165, 1.54) is 19.2 Å². The summed E-state index contributed by atoms with van der Waals surface area (Å²) in [4.78, 5) is 21.6. The van der Waals surface area contributed by atoms with Crippen LogP contribution in [0.1, 0.15) is 15.9 Å². The van der Waals surface area contributed by atoms with Gasteiger partial charge in [0.25, 0.3) is 0 Å². The van der Waals surface area contributed by atoms with Crippen molar-refractivity contribution < 1.29 is 19.4 Å². The van der Waals surface area contributed by atoms with E-state index in [4.69, 9.17) is 5.11 Å². The molecule has 0 saturated heterocycles. The molecule has 0 aliphatic rings. The zero-order valence-corrected chi connectivity index (χ0v) is 9.87. The SMILES string of the molecule is COC(=O)C#Cc1cc(Br)ccc1C(=O)O. The number of carbonyl (C=O) groups excluding carboxylic acids is 1. The summed E-state index contributed by atoms with van der Waals surface area (Å²) in [5.41, 5.74) is 0.298. The van der Waals surface area contributed by atoms with Gasteiger partial charge in [0.15, 0.2) is 0 Å². The number of ether oxygens (including phenoxy) is 1. The molecule has 0 saturated carbocycles. The first-order valence-electron chi connectivity index (χ1n) is 4.17. The summed E-state index contributed by atoms with van der Waals surface area (Å²) in [5, 5.41) is 8.88. The lowest BCUT2D eigenvalue weighted by Gasteiger charge is -1.99. The third kappa shape index (κ3) is 3.11. The number of aromatic carboxylic acids is 1. The molecule has 0 radical (unpaired) electrons. The first-order chi connectivity index (χ1) is 7.54. The summed E-state index contributed by atoms with van der Waals surface area (Å²) in [7, 11) is 1.20. The molecule has 0 unspecified atom stereocenters. The molecule has 0 aliphatic heterocycles. The number of methoxy groups -OCH3 is 1. The molecule has 0 atom stereocenters. The van der Waals surface area contributed by atoms with E-state index in [0.717, 1.165) is 0 Å². The van der Waals surface area contributed by atoms with Gasteiger partial charge in [-0.05, 0) is 18.2 Å². The minimum atomic E-state index is -1.10. The van der Waals surface area contributed by atoms with Crippen LogP contribution in [-0.2, 0) is 9.53 Å². The standard InChI is InChI=1S/C11H7BrO4/c1-16-10(13)5-2-7-6-8(12)3-4-9(7)11(14)15/h3-4,6H,1H3,(H,14,15). The number of carboxylic acid groups (broad SMARTS) is 1. The van der Waals surface area contributed by atoms with Crippen molar-refractivity contribution in [3.8, 4) is 11.8 Å². The Balaban J connectivity index is 3.19. The Kier molecular flexibility index (Phi) is 4.09. The average molecular weight is 283 g/mol. The highest BCUT2D eigenvalue weighted by atomic mass is 79.9. The highest BCUT2D eigenvalue weighted by Gasteiger charge is 2.08. The molecule has 0 spiro atoms. The topological polar surface area (TPSA) is 63.6 Å². The quantitative estimate of drug-likeness (QED) is 0.629. The molecule has 1 N–H and O–H groups in total. The summed E-state index contributed by atoms with van der Waals surface area (Å²) in [6, 6.07) is 4.53. The van der Waals surface area contributed by atoms with Gasteiger partial charge in [-0.3, -0.25) is 0 Å². The van der Waals surface area contributed by atoms with E-state index in [9.17, 15) is 9.59 Å². The largest absolute Gasteiger partial charge is 0.478 e. The Morgan fingerprint density at radius 1 is 1.44 bits per heavy atom. The van der Waals surface area contributed by atoms with Gasteiger partial charge in [0, 0.05) is 16.0 Å². The first kappa shape index (κ1) is 12.3. The molecule has 1 aromatic carbocycles. The van der Waals surface area contributed by atoms with Crippen molar-refractivity contribution in [3.05, 3.63) is 33.8 Å². The van der Waals surface area contributed by atoms with Crippen LogP contribution in [0.15, 0.2) is 22.7 Å². The molecule has 0 bridgehead atoms. The third-order valence-corrected chi connectivity index (χ3v) is 2.19. The number of carbonyl (C=O) groups is 2. The highest BCUT2D eigenvalue weighted by molar-refractivity contribution is 9.10. The minimum absolute atomic E-state index is 0.0413. The number of rotatable bonds is 1. The molecule has 0 amide bonds. The normalized spacial score (nSPS) is 8.88. The van der Waals surface area contributed by atoms with Gasteiger partial charge in [0.1, 0.15) is 0 Å². The number of benzene rings is 1. The van der Waals surface area contributed by atoms with Crippen LogP contribution in [0, 0.1) is 11.8 Å². The van der Waals surface area contributed by atoms with E-state index in [1.807, 2.05) is 0 Å². The molecule has 82 valence electrons. The molecule has 0 heterocycles. The fourth-order valence-electron chi connectivity index (χ4n) is 0.976. The van der Waals surface area contributed by atoms with Gasteiger partial charge in [-0.25, -0.2) is 9.59 Å². The number of hydrogen-bond acceptors (Lipinski definition) is 3. The number of carboxylic acids is 1. The molecule has 0 fully saturated rings. The van der Waals surface area contributed by atoms with Crippen molar-refractivity contribution >= 4 is 27.9 Å². The third-order valence-electron chi connectivity index (χ3n) is 1.70. The summed E-state index contributed by atoms with van der Waals surface area (Å²) < 4.78 is 5.02. The molecule has 0 aliphatic carbocycles. The fourth-order valence-corrected chi connectivity index (χ4v) is 1.34. The van der Waals surface area contributed by atoms with Crippen molar-refractivity contribution in [3.63, 3.8) is 0 Å². The molecule has 0 aromatic heterocycles. The minimum Gasteiger partial charge on any atom is -0.478 e. The van der Waals surface area contributed by atoms with Crippen LogP contribution < -0.4 is 0 Å². The number of halogens is 1. The van der Waals surface area contributed by atoms with Crippen LogP contribution in [0.3, 0.4) is 0 Å². The molecule has 1 rings (SSSR count). The van der Waals surface area contributed by atoms with Crippen LogP contribution in [0.5, 0.6) is 0 Å². The second-order valence-electron chi connectivity index (χ2n) is 2.74. The van der Waals surface area contributed by atoms with Crippen molar-refractivity contribution in [1.29, 1.82) is 0 Å². The van der Waals surface area contributed by atoms with Gasteiger partial charge in [-0.2, -0.15) is 0 Å². The van der Waals surface area contributed by atoms with Gasteiger partial charge in [0.2, 0.25) is 0 Å². The van der Waals surface area contributed by atoms with E-state index in [0.29, 0.717) is 4.47 Å². The summed E-state index contributed by atoms with van der Waals surface area (Å²) in [6.07, 6.45) is 0. The van der Waals surface area contributed by atoms with E-state index in [-0.39, 0.29) is 11.1 Å². The first-order valence-corrected chi connectivity index (χ1v) is 4.96. The zero-order valence-electron chi connectivity index (χ0n) is 8.28. The van der Waals surface area contributed by atoms with Crippen molar-refractivity contribution in [2.75, 3.05) is 7.11 Å². The molecule has 4 nitrogen and oxygen atoms in total. The smallest absolute Gasteiger partial charge is 0.384 e. The van der Waals surface area contributed by atoms with Crippen LogP contribution in [-0.4, -0.2) is 24.2 Å². The van der Waals surface area contributed by atoms with Gasteiger partial charge >= 0.3 is 11.9 Å². The van der Waals surface area contributed by atoms with Gasteiger partial charge in [0.05, 0.1) is 12.7 Å². The van der Waals surface area contributed by atoms with Crippen molar-refractivity contribution in [2.45, 2.75) is 0 Å². The Labute approximate surface area is 100 Å². The van der Waals surface area contributed by atoms with Gasteiger partial charge in [-0.15, -0.1) is 0 Å². The van der Waals surface area contributed by atoms with E-state index in [1.54, 1.807) is 6.07 Å². The lowest BCUT2D eigenvalue weighted by atomic mass is 10.1. The van der Waals surface area contributed by atoms with Crippen LogP contribution in [0.4, 0.5) is 0 Å². The Morgan fingerprint density at radius 3 is 2.69 bits per heavy atom. The molecular weight excluding hydrogens is 276 g/mol. The maximum atomic E-state index is 10.8. The second-order valence-corrected chi connectivity index (χ2v) is 3.65. The lowest BCUT2D eigenvalue weighted by molar-refractivity contribution is -0.133. The Hall–Kier alpha value is -1.80. The number of esters is 1. The van der Waals surface area contributed by atoms with E-state index >= 15 is 0 Å². The fraction of sp³-hybridized carbons (Fsp3) is 0.0909. The van der Waals surface area contributed by atoms with E-state index in [2.05, 4.69) is 32.5 Å². The molecule has 1 aromatic rings. The lowest BCUT2D eigenvalue weighted by Crippen LogP contribution is -2.01. The second kappa shape index (κ2) is 5.33. The van der Waals surface area contributed by atoms with Gasteiger partial charge in [-0.1, -0.05) is 21.9 Å². The predicted molar refractivity (Wildman–Crippen MR) is 60.0 cm³/mol.